The zero-order chi connectivity index (χ0) is 13.7. The highest BCUT2D eigenvalue weighted by Gasteiger charge is 2.11. The number of carbonyl (C=O) groups is 1. The molecular formula is C13H14N4O2. The minimum Gasteiger partial charge on any atom is -0.463 e. The number of methoxy groups -OCH3 is 1. The predicted octanol–water partition coefficient (Wildman–Crippen LogP) is 1.83. The fraction of sp³-hybridized carbons (Fsp3) is 0.231. The third-order valence-electron chi connectivity index (χ3n) is 2.52. The van der Waals surface area contributed by atoms with Crippen LogP contribution in [0.3, 0.4) is 0 Å². The van der Waals surface area contributed by atoms with Gasteiger partial charge in [0.2, 0.25) is 5.82 Å². The number of hydrogen-bond donors (Lipinski definition) is 1. The Bertz CT molecular complexity index is 560. The molecule has 0 aromatic carbocycles. The first-order valence-electron chi connectivity index (χ1n) is 5.79. The molecule has 6 heteroatoms. The van der Waals surface area contributed by atoms with Crippen molar-refractivity contribution >= 4 is 11.8 Å². The first kappa shape index (κ1) is 12.9. The molecule has 0 aliphatic rings. The van der Waals surface area contributed by atoms with Crippen molar-refractivity contribution in [3.8, 4) is 0 Å². The minimum absolute atomic E-state index is 0.0263. The summed E-state index contributed by atoms with van der Waals surface area (Å²) in [5.41, 5.74) is 0.890. The molecule has 0 aliphatic carbocycles. The Labute approximate surface area is 110 Å². The average Bonchev–Trinajstić information content (AvgIpc) is 2.47. The summed E-state index contributed by atoms with van der Waals surface area (Å²) in [6, 6.07) is 7.35. The quantitative estimate of drug-likeness (QED) is 0.843. The molecule has 2 rings (SSSR count). The first-order chi connectivity index (χ1) is 9.20. The number of pyridine rings is 1. The molecule has 98 valence electrons. The van der Waals surface area contributed by atoms with Crippen molar-refractivity contribution in [2.45, 2.75) is 13.0 Å². The van der Waals surface area contributed by atoms with Crippen molar-refractivity contribution in [3.05, 3.63) is 48.2 Å². The van der Waals surface area contributed by atoms with Gasteiger partial charge in [0, 0.05) is 12.4 Å². The van der Waals surface area contributed by atoms with Crippen molar-refractivity contribution in [2.24, 2.45) is 0 Å². The highest BCUT2D eigenvalue weighted by atomic mass is 16.5. The van der Waals surface area contributed by atoms with E-state index in [0.29, 0.717) is 5.82 Å². The topological polar surface area (TPSA) is 77.0 Å². The van der Waals surface area contributed by atoms with Crippen LogP contribution in [-0.2, 0) is 4.74 Å². The van der Waals surface area contributed by atoms with E-state index < -0.39 is 5.97 Å². The normalized spacial score (nSPS) is 11.7. The molecular weight excluding hydrogens is 244 g/mol. The maximum absolute atomic E-state index is 11.3. The Balaban J connectivity index is 2.13. The molecule has 2 aromatic rings. The van der Waals surface area contributed by atoms with Gasteiger partial charge in [0.15, 0.2) is 0 Å². The zero-order valence-electron chi connectivity index (χ0n) is 10.7. The Morgan fingerprint density at radius 1 is 1.26 bits per heavy atom. The lowest BCUT2D eigenvalue weighted by atomic mass is 10.2. The lowest BCUT2D eigenvalue weighted by Crippen LogP contribution is -2.13. The van der Waals surface area contributed by atoms with Gasteiger partial charge in [0.25, 0.3) is 0 Å². The van der Waals surface area contributed by atoms with E-state index in [2.05, 4.69) is 25.0 Å². The van der Waals surface area contributed by atoms with Gasteiger partial charge in [-0.05, 0) is 25.1 Å². The van der Waals surface area contributed by atoms with E-state index in [9.17, 15) is 4.79 Å². The van der Waals surface area contributed by atoms with Crippen LogP contribution in [-0.4, -0.2) is 28.0 Å². The van der Waals surface area contributed by atoms with E-state index >= 15 is 0 Å². The van der Waals surface area contributed by atoms with Gasteiger partial charge < -0.3 is 10.1 Å². The molecule has 1 N–H and O–H groups in total. The molecule has 19 heavy (non-hydrogen) atoms. The third kappa shape index (κ3) is 3.25. The molecule has 0 saturated heterocycles. The molecule has 0 radical (unpaired) electrons. The lowest BCUT2D eigenvalue weighted by Gasteiger charge is -2.13. The number of carbonyl (C=O) groups excluding carboxylic acids is 1. The maximum atomic E-state index is 11.3. The molecule has 2 heterocycles. The summed E-state index contributed by atoms with van der Waals surface area (Å²) >= 11 is 0. The van der Waals surface area contributed by atoms with Crippen molar-refractivity contribution in [3.63, 3.8) is 0 Å². The molecule has 0 fully saturated rings. The van der Waals surface area contributed by atoms with E-state index in [-0.39, 0.29) is 11.9 Å². The van der Waals surface area contributed by atoms with Crippen LogP contribution in [0.1, 0.15) is 29.3 Å². The van der Waals surface area contributed by atoms with Gasteiger partial charge in [-0.3, -0.25) is 4.98 Å². The van der Waals surface area contributed by atoms with Gasteiger partial charge >= 0.3 is 5.97 Å². The second-order valence-electron chi connectivity index (χ2n) is 3.88. The van der Waals surface area contributed by atoms with Gasteiger partial charge in [-0.2, -0.15) is 0 Å². The minimum atomic E-state index is -0.561. The van der Waals surface area contributed by atoms with Crippen LogP contribution in [0.15, 0.2) is 36.7 Å². The van der Waals surface area contributed by atoms with Crippen LogP contribution in [0.2, 0.25) is 0 Å². The van der Waals surface area contributed by atoms with E-state index in [1.54, 1.807) is 12.3 Å². The van der Waals surface area contributed by atoms with Gasteiger partial charge in [0.05, 0.1) is 18.8 Å². The van der Waals surface area contributed by atoms with Crippen LogP contribution in [0, 0.1) is 0 Å². The first-order valence-corrected chi connectivity index (χ1v) is 5.79. The molecule has 1 atom stereocenters. The fourth-order valence-electron chi connectivity index (χ4n) is 1.56. The highest BCUT2D eigenvalue weighted by molar-refractivity contribution is 5.85. The Kier molecular flexibility index (Phi) is 4.02. The number of aromatic nitrogens is 3. The number of hydrogen-bond acceptors (Lipinski definition) is 6. The van der Waals surface area contributed by atoms with E-state index in [4.69, 9.17) is 0 Å². The average molecular weight is 258 g/mol. The molecule has 0 aliphatic heterocycles. The van der Waals surface area contributed by atoms with Crippen LogP contribution in [0.4, 0.5) is 5.82 Å². The summed E-state index contributed by atoms with van der Waals surface area (Å²) in [6.45, 7) is 1.96. The Morgan fingerprint density at radius 2 is 2.11 bits per heavy atom. The van der Waals surface area contributed by atoms with Crippen molar-refractivity contribution < 1.29 is 9.53 Å². The summed E-state index contributed by atoms with van der Waals surface area (Å²) in [6.07, 6.45) is 3.24. The van der Waals surface area contributed by atoms with Crippen LogP contribution < -0.4 is 5.32 Å². The summed E-state index contributed by atoms with van der Waals surface area (Å²) in [7, 11) is 1.29. The molecule has 2 aromatic heterocycles. The summed E-state index contributed by atoms with van der Waals surface area (Å²) in [5.74, 6) is 0.0170. The summed E-state index contributed by atoms with van der Waals surface area (Å²) in [4.78, 5) is 23.5. The Morgan fingerprint density at radius 3 is 2.79 bits per heavy atom. The number of anilines is 1. The van der Waals surface area contributed by atoms with Crippen molar-refractivity contribution in [1.82, 2.24) is 15.0 Å². The van der Waals surface area contributed by atoms with Gasteiger partial charge in [-0.1, -0.05) is 6.07 Å². The number of rotatable bonds is 4. The largest absolute Gasteiger partial charge is 0.463 e. The predicted molar refractivity (Wildman–Crippen MR) is 69.6 cm³/mol. The van der Waals surface area contributed by atoms with Gasteiger partial charge in [-0.25, -0.2) is 14.8 Å². The van der Waals surface area contributed by atoms with E-state index in [0.717, 1.165) is 5.69 Å². The standard InChI is InChI=1S/C13H14N4O2/c1-9(10-5-3-4-7-14-10)16-11-6-8-15-12(17-11)13(18)19-2/h3-9H,1-2H3,(H,15,16,17). The molecule has 0 spiro atoms. The number of ether oxygens (including phenoxy) is 1. The Hall–Kier alpha value is -2.50. The number of nitrogens with one attached hydrogen (secondary N) is 1. The van der Waals surface area contributed by atoms with Gasteiger partial charge in [-0.15, -0.1) is 0 Å². The third-order valence-corrected chi connectivity index (χ3v) is 2.52. The summed E-state index contributed by atoms with van der Waals surface area (Å²) < 4.78 is 4.58. The molecule has 0 amide bonds. The zero-order valence-corrected chi connectivity index (χ0v) is 10.7. The van der Waals surface area contributed by atoms with Crippen molar-refractivity contribution in [1.29, 1.82) is 0 Å². The van der Waals surface area contributed by atoms with Crippen LogP contribution in [0.5, 0.6) is 0 Å². The fourth-order valence-corrected chi connectivity index (χ4v) is 1.56. The van der Waals surface area contributed by atoms with Gasteiger partial charge in [0.1, 0.15) is 5.82 Å². The van der Waals surface area contributed by atoms with Crippen molar-refractivity contribution in [2.75, 3.05) is 12.4 Å². The maximum Gasteiger partial charge on any atom is 0.376 e. The molecule has 6 nitrogen and oxygen atoms in total. The van der Waals surface area contributed by atoms with E-state index in [1.165, 1.54) is 13.3 Å². The number of esters is 1. The molecule has 1 unspecified atom stereocenters. The SMILES string of the molecule is COC(=O)c1nccc(NC(C)c2ccccn2)n1. The second-order valence-corrected chi connectivity index (χ2v) is 3.88. The van der Waals surface area contributed by atoms with E-state index in [1.807, 2.05) is 25.1 Å². The monoisotopic (exact) mass is 258 g/mol. The number of nitrogens with zero attached hydrogens (tertiary/aromatic N) is 3. The molecule has 0 saturated carbocycles. The van der Waals surface area contributed by atoms with Crippen LogP contribution >= 0.6 is 0 Å². The van der Waals surface area contributed by atoms with Crippen LogP contribution in [0.25, 0.3) is 0 Å². The second kappa shape index (κ2) is 5.90. The summed E-state index contributed by atoms with van der Waals surface area (Å²) in [5, 5.41) is 3.16. The lowest BCUT2D eigenvalue weighted by molar-refractivity contribution is 0.0587. The smallest absolute Gasteiger partial charge is 0.376 e. The molecule has 0 bridgehead atoms. The highest BCUT2D eigenvalue weighted by Crippen LogP contribution is 2.15.